The van der Waals surface area contributed by atoms with Crippen molar-refractivity contribution in [3.8, 4) is 0 Å². The lowest BCUT2D eigenvalue weighted by Gasteiger charge is -2.21. The van der Waals surface area contributed by atoms with Crippen molar-refractivity contribution >= 4 is 12.1 Å². The molecule has 2 aliphatic rings. The summed E-state index contributed by atoms with van der Waals surface area (Å²) in [7, 11) is 0. The monoisotopic (exact) mass is 166 g/mol. The molecule has 0 radical (unpaired) electrons. The third kappa shape index (κ3) is 0.799. The van der Waals surface area contributed by atoms with Gasteiger partial charge in [-0.25, -0.2) is 0 Å². The standard InChI is InChI=1S/C9H10O3/c1-6(11)8-4-7-2-3-9(8,5-10)12-7/h2-3,5,7-8H,4H2,1H3. The van der Waals surface area contributed by atoms with Crippen LogP contribution in [0.15, 0.2) is 12.2 Å². The van der Waals surface area contributed by atoms with Crippen molar-refractivity contribution in [3.05, 3.63) is 12.2 Å². The minimum Gasteiger partial charge on any atom is -0.355 e. The molecule has 12 heavy (non-hydrogen) atoms. The van der Waals surface area contributed by atoms with Gasteiger partial charge in [-0.2, -0.15) is 0 Å². The van der Waals surface area contributed by atoms with Crippen molar-refractivity contribution in [2.24, 2.45) is 5.92 Å². The van der Waals surface area contributed by atoms with E-state index >= 15 is 0 Å². The lowest BCUT2D eigenvalue weighted by molar-refractivity contribution is -0.132. The van der Waals surface area contributed by atoms with Gasteiger partial charge >= 0.3 is 0 Å². The summed E-state index contributed by atoms with van der Waals surface area (Å²) in [4.78, 5) is 21.9. The first-order valence-corrected chi connectivity index (χ1v) is 4.02. The maximum absolute atomic E-state index is 11.1. The summed E-state index contributed by atoms with van der Waals surface area (Å²) in [6, 6.07) is 0. The van der Waals surface area contributed by atoms with E-state index in [1.807, 2.05) is 6.08 Å². The zero-order valence-electron chi connectivity index (χ0n) is 6.82. The van der Waals surface area contributed by atoms with Crippen LogP contribution in [0.2, 0.25) is 0 Å². The second-order valence-corrected chi connectivity index (χ2v) is 3.39. The van der Waals surface area contributed by atoms with Crippen LogP contribution in [0.1, 0.15) is 13.3 Å². The van der Waals surface area contributed by atoms with E-state index in [-0.39, 0.29) is 17.8 Å². The van der Waals surface area contributed by atoms with Gasteiger partial charge in [0.1, 0.15) is 5.78 Å². The average Bonchev–Trinajstić information content (AvgIpc) is 2.60. The third-order valence-electron chi connectivity index (χ3n) is 2.61. The molecule has 0 aliphatic carbocycles. The summed E-state index contributed by atoms with van der Waals surface area (Å²) < 4.78 is 5.38. The van der Waals surface area contributed by atoms with Crippen molar-refractivity contribution in [2.45, 2.75) is 25.0 Å². The molecule has 3 nitrogen and oxygen atoms in total. The quantitative estimate of drug-likeness (QED) is 0.443. The molecule has 0 N–H and O–H groups in total. The molecule has 3 heteroatoms. The minimum atomic E-state index is -0.920. The Morgan fingerprint density at radius 1 is 1.75 bits per heavy atom. The fraction of sp³-hybridized carbons (Fsp3) is 0.556. The van der Waals surface area contributed by atoms with Gasteiger partial charge in [-0.05, 0) is 19.4 Å². The van der Waals surface area contributed by atoms with Crippen molar-refractivity contribution in [3.63, 3.8) is 0 Å². The van der Waals surface area contributed by atoms with Gasteiger partial charge in [-0.15, -0.1) is 0 Å². The lowest BCUT2D eigenvalue weighted by atomic mass is 9.81. The van der Waals surface area contributed by atoms with Crippen molar-refractivity contribution < 1.29 is 14.3 Å². The number of aldehydes is 1. The number of hydrogen-bond donors (Lipinski definition) is 0. The molecule has 3 atom stereocenters. The van der Waals surface area contributed by atoms with Crippen LogP contribution in [0.5, 0.6) is 0 Å². The summed E-state index contributed by atoms with van der Waals surface area (Å²) in [5, 5.41) is 0. The third-order valence-corrected chi connectivity index (χ3v) is 2.61. The van der Waals surface area contributed by atoms with Crippen LogP contribution in [0, 0.1) is 5.92 Å². The summed E-state index contributed by atoms with van der Waals surface area (Å²) in [5.74, 6) is -0.223. The van der Waals surface area contributed by atoms with Crippen LogP contribution in [0.25, 0.3) is 0 Å². The molecule has 2 bridgehead atoms. The van der Waals surface area contributed by atoms with E-state index in [0.29, 0.717) is 6.42 Å². The van der Waals surface area contributed by atoms with Crippen LogP contribution in [-0.4, -0.2) is 23.8 Å². The molecular formula is C9H10O3. The highest BCUT2D eigenvalue weighted by Gasteiger charge is 2.52. The van der Waals surface area contributed by atoms with Crippen LogP contribution in [0.4, 0.5) is 0 Å². The van der Waals surface area contributed by atoms with Gasteiger partial charge in [0, 0.05) is 0 Å². The van der Waals surface area contributed by atoms with Gasteiger partial charge in [-0.3, -0.25) is 9.59 Å². The van der Waals surface area contributed by atoms with Gasteiger partial charge < -0.3 is 4.74 Å². The minimum absolute atomic E-state index is 0.0240. The second kappa shape index (κ2) is 2.26. The Morgan fingerprint density at radius 3 is 2.92 bits per heavy atom. The summed E-state index contributed by atoms with van der Waals surface area (Å²) in [6.45, 7) is 1.51. The largest absolute Gasteiger partial charge is 0.355 e. The Bertz CT molecular complexity index is 269. The van der Waals surface area contributed by atoms with Gasteiger partial charge in [-0.1, -0.05) is 6.08 Å². The highest BCUT2D eigenvalue weighted by Crippen LogP contribution is 2.41. The average molecular weight is 166 g/mol. The number of fused-ring (bicyclic) bond motifs is 2. The predicted molar refractivity (Wildman–Crippen MR) is 41.6 cm³/mol. The first kappa shape index (κ1) is 7.68. The molecule has 1 saturated heterocycles. The van der Waals surface area contributed by atoms with E-state index in [9.17, 15) is 9.59 Å². The maximum Gasteiger partial charge on any atom is 0.156 e. The van der Waals surface area contributed by atoms with E-state index in [4.69, 9.17) is 4.74 Å². The SMILES string of the molecule is CC(=O)C1CC2C=CC1(C=O)O2. The second-order valence-electron chi connectivity index (χ2n) is 3.39. The van der Waals surface area contributed by atoms with Gasteiger partial charge in [0.25, 0.3) is 0 Å². The summed E-state index contributed by atoms with van der Waals surface area (Å²) >= 11 is 0. The zero-order valence-corrected chi connectivity index (χ0v) is 6.82. The van der Waals surface area contributed by atoms with Crippen LogP contribution in [0.3, 0.4) is 0 Å². The number of carbonyl (C=O) groups is 2. The number of Topliss-reactive ketones (excluding diaryl/α,β-unsaturated/α-hetero) is 1. The normalized spacial score (nSPS) is 43.4. The highest BCUT2D eigenvalue weighted by atomic mass is 16.5. The van der Waals surface area contributed by atoms with Crippen LogP contribution in [-0.2, 0) is 14.3 Å². The molecule has 3 unspecified atom stereocenters. The Labute approximate surface area is 70.4 Å². The van der Waals surface area contributed by atoms with E-state index in [2.05, 4.69) is 0 Å². The number of ether oxygens (including phenoxy) is 1. The zero-order chi connectivity index (χ0) is 8.77. The molecule has 2 aliphatic heterocycles. The van der Waals surface area contributed by atoms with E-state index in [0.717, 1.165) is 6.29 Å². The molecule has 0 spiro atoms. The molecule has 2 rings (SSSR count). The first-order chi connectivity index (χ1) is 5.68. The molecule has 2 heterocycles. The molecule has 0 aromatic carbocycles. The fourth-order valence-corrected chi connectivity index (χ4v) is 1.97. The Morgan fingerprint density at radius 2 is 2.50 bits per heavy atom. The van der Waals surface area contributed by atoms with Gasteiger partial charge in [0.15, 0.2) is 11.9 Å². The smallest absolute Gasteiger partial charge is 0.156 e. The van der Waals surface area contributed by atoms with E-state index < -0.39 is 5.60 Å². The molecule has 1 fully saturated rings. The number of ketones is 1. The topological polar surface area (TPSA) is 43.4 Å². The number of rotatable bonds is 2. The van der Waals surface area contributed by atoms with Gasteiger partial charge in [0.05, 0.1) is 12.0 Å². The Balaban J connectivity index is 2.35. The summed E-state index contributed by atoms with van der Waals surface area (Å²) in [6.07, 6.45) is 4.94. The molecular weight excluding hydrogens is 156 g/mol. The molecule has 0 saturated carbocycles. The number of carbonyl (C=O) groups excluding carboxylic acids is 2. The first-order valence-electron chi connectivity index (χ1n) is 4.02. The van der Waals surface area contributed by atoms with Crippen molar-refractivity contribution in [2.75, 3.05) is 0 Å². The van der Waals surface area contributed by atoms with Gasteiger partial charge in [0.2, 0.25) is 0 Å². The molecule has 64 valence electrons. The Kier molecular flexibility index (Phi) is 1.45. The Hall–Kier alpha value is -0.960. The predicted octanol–water partition coefficient (Wildman–Crippen LogP) is 0.488. The van der Waals surface area contributed by atoms with Crippen LogP contribution < -0.4 is 0 Å². The fourth-order valence-electron chi connectivity index (χ4n) is 1.97. The molecule has 0 amide bonds. The summed E-state index contributed by atoms with van der Waals surface area (Å²) in [5.41, 5.74) is -0.920. The van der Waals surface area contributed by atoms with Crippen molar-refractivity contribution in [1.82, 2.24) is 0 Å². The maximum atomic E-state index is 11.1. The molecule has 0 aromatic rings. The molecule has 0 aromatic heterocycles. The van der Waals surface area contributed by atoms with E-state index in [1.54, 1.807) is 6.08 Å². The van der Waals surface area contributed by atoms with Crippen molar-refractivity contribution in [1.29, 1.82) is 0 Å². The highest BCUT2D eigenvalue weighted by molar-refractivity contribution is 5.87. The lowest BCUT2D eigenvalue weighted by Crippen LogP contribution is -2.37. The van der Waals surface area contributed by atoms with E-state index in [1.165, 1.54) is 6.92 Å². The number of hydrogen-bond acceptors (Lipinski definition) is 3. The van der Waals surface area contributed by atoms with Crippen LogP contribution >= 0.6 is 0 Å².